The number of rotatable bonds is 4. The van der Waals surface area contributed by atoms with Gasteiger partial charge in [-0.1, -0.05) is 28.1 Å². The van der Waals surface area contributed by atoms with Gasteiger partial charge in [0, 0.05) is 29.3 Å². The lowest BCUT2D eigenvalue weighted by molar-refractivity contribution is 0.793. The van der Waals surface area contributed by atoms with E-state index in [0.29, 0.717) is 0 Å². The van der Waals surface area contributed by atoms with E-state index in [-0.39, 0.29) is 0 Å². The van der Waals surface area contributed by atoms with Gasteiger partial charge < -0.3 is 10.3 Å². The molecular formula is C12H14BrN3. The van der Waals surface area contributed by atoms with Gasteiger partial charge >= 0.3 is 0 Å². The monoisotopic (exact) mass is 279 g/mol. The Kier molecular flexibility index (Phi) is 3.74. The molecule has 0 aliphatic rings. The molecule has 0 aliphatic heterocycles. The summed E-state index contributed by atoms with van der Waals surface area (Å²) in [5.74, 6) is 1.00. The summed E-state index contributed by atoms with van der Waals surface area (Å²) in [4.78, 5) is 7.64. The van der Waals surface area contributed by atoms with E-state index in [2.05, 4.69) is 43.3 Å². The summed E-state index contributed by atoms with van der Waals surface area (Å²) in [7, 11) is 1.93. The van der Waals surface area contributed by atoms with E-state index in [9.17, 15) is 0 Å². The zero-order valence-corrected chi connectivity index (χ0v) is 10.7. The molecule has 1 aromatic carbocycles. The van der Waals surface area contributed by atoms with Gasteiger partial charge in [0.2, 0.25) is 0 Å². The average molecular weight is 280 g/mol. The van der Waals surface area contributed by atoms with Crippen LogP contribution < -0.4 is 5.32 Å². The molecule has 2 N–H and O–H groups in total. The molecule has 0 unspecified atom stereocenters. The minimum Gasteiger partial charge on any atom is -0.345 e. The third kappa shape index (κ3) is 2.93. The summed E-state index contributed by atoms with van der Waals surface area (Å²) < 4.78 is 1.10. The van der Waals surface area contributed by atoms with Crippen molar-refractivity contribution in [3.63, 3.8) is 0 Å². The Morgan fingerprint density at radius 2 is 2.31 bits per heavy atom. The highest BCUT2D eigenvalue weighted by atomic mass is 79.9. The number of aromatic amines is 1. The first-order valence-electron chi connectivity index (χ1n) is 5.20. The fourth-order valence-corrected chi connectivity index (χ4v) is 2.06. The number of aromatic nitrogens is 2. The average Bonchev–Trinajstić information content (AvgIpc) is 2.66. The van der Waals surface area contributed by atoms with Crippen molar-refractivity contribution in [1.29, 1.82) is 0 Å². The van der Waals surface area contributed by atoms with Crippen LogP contribution in [0.15, 0.2) is 34.9 Å². The number of nitrogens with zero attached hydrogens (tertiary/aromatic N) is 1. The number of hydrogen-bond acceptors (Lipinski definition) is 2. The zero-order chi connectivity index (χ0) is 11.4. The van der Waals surface area contributed by atoms with Crippen molar-refractivity contribution in [3.05, 3.63) is 52.0 Å². The van der Waals surface area contributed by atoms with Crippen LogP contribution in [0.2, 0.25) is 0 Å². The van der Waals surface area contributed by atoms with E-state index >= 15 is 0 Å². The lowest BCUT2D eigenvalue weighted by atomic mass is 10.1. The Bertz CT molecular complexity index is 465. The molecule has 84 valence electrons. The van der Waals surface area contributed by atoms with Gasteiger partial charge in [-0.05, 0) is 24.7 Å². The van der Waals surface area contributed by atoms with Crippen LogP contribution in [-0.4, -0.2) is 17.0 Å². The predicted octanol–water partition coefficient (Wildman–Crippen LogP) is 2.48. The van der Waals surface area contributed by atoms with E-state index in [1.54, 1.807) is 0 Å². The van der Waals surface area contributed by atoms with Crippen molar-refractivity contribution in [2.45, 2.75) is 13.0 Å². The molecule has 3 nitrogen and oxygen atoms in total. The van der Waals surface area contributed by atoms with Crippen molar-refractivity contribution in [3.8, 4) is 0 Å². The highest BCUT2D eigenvalue weighted by molar-refractivity contribution is 9.10. The normalized spacial score (nSPS) is 10.6. The third-order valence-corrected chi connectivity index (χ3v) is 2.80. The van der Waals surface area contributed by atoms with E-state index in [1.807, 2.05) is 25.4 Å². The summed E-state index contributed by atoms with van der Waals surface area (Å²) >= 11 is 3.46. The highest BCUT2D eigenvalue weighted by Crippen LogP contribution is 2.14. The first kappa shape index (κ1) is 11.4. The Hall–Kier alpha value is -1.13. The number of hydrogen-bond donors (Lipinski definition) is 2. The van der Waals surface area contributed by atoms with Crippen molar-refractivity contribution in [1.82, 2.24) is 15.3 Å². The summed E-state index contributed by atoms with van der Waals surface area (Å²) in [5, 5.41) is 3.09. The van der Waals surface area contributed by atoms with Gasteiger partial charge in [-0.25, -0.2) is 4.98 Å². The SMILES string of the molecule is CNCc1cnc(Cc2cccc(Br)c2)[nH]1. The summed E-state index contributed by atoms with van der Waals surface area (Å²) in [6.07, 6.45) is 2.72. The molecule has 1 aromatic heterocycles. The maximum atomic E-state index is 4.35. The van der Waals surface area contributed by atoms with Crippen LogP contribution in [0.3, 0.4) is 0 Å². The number of imidazole rings is 1. The van der Waals surface area contributed by atoms with Crippen molar-refractivity contribution in [2.24, 2.45) is 0 Å². The molecule has 0 aliphatic carbocycles. The second-order valence-electron chi connectivity index (χ2n) is 3.69. The molecule has 0 saturated heterocycles. The van der Waals surface area contributed by atoms with Crippen LogP contribution >= 0.6 is 15.9 Å². The lowest BCUT2D eigenvalue weighted by Crippen LogP contribution is -2.05. The fourth-order valence-electron chi connectivity index (χ4n) is 1.62. The van der Waals surface area contributed by atoms with Gasteiger partial charge in [0.1, 0.15) is 5.82 Å². The van der Waals surface area contributed by atoms with Crippen LogP contribution in [0, 0.1) is 0 Å². The van der Waals surface area contributed by atoms with Crippen LogP contribution in [0.25, 0.3) is 0 Å². The van der Waals surface area contributed by atoms with Crippen molar-refractivity contribution in [2.75, 3.05) is 7.05 Å². The van der Waals surface area contributed by atoms with Gasteiger partial charge in [-0.15, -0.1) is 0 Å². The third-order valence-electron chi connectivity index (χ3n) is 2.31. The Morgan fingerprint density at radius 1 is 1.44 bits per heavy atom. The molecule has 2 rings (SSSR count). The molecule has 0 bridgehead atoms. The molecule has 0 fully saturated rings. The lowest BCUT2D eigenvalue weighted by Gasteiger charge is -1.99. The van der Waals surface area contributed by atoms with E-state index < -0.39 is 0 Å². The van der Waals surface area contributed by atoms with Crippen LogP contribution in [0.1, 0.15) is 17.1 Å². The van der Waals surface area contributed by atoms with Crippen molar-refractivity contribution < 1.29 is 0 Å². The molecule has 0 atom stereocenters. The molecule has 2 aromatic rings. The molecule has 0 saturated carbocycles. The van der Waals surface area contributed by atoms with Crippen LogP contribution in [0.5, 0.6) is 0 Å². The van der Waals surface area contributed by atoms with Gasteiger partial charge in [0.05, 0.1) is 0 Å². The molecule has 0 radical (unpaired) electrons. The molecule has 0 amide bonds. The minimum absolute atomic E-state index is 0.825. The Balaban J connectivity index is 2.08. The summed E-state index contributed by atoms with van der Waals surface area (Å²) in [6, 6.07) is 8.28. The summed E-state index contributed by atoms with van der Waals surface area (Å²) in [5.41, 5.74) is 2.37. The van der Waals surface area contributed by atoms with E-state index in [4.69, 9.17) is 0 Å². The smallest absolute Gasteiger partial charge is 0.110 e. The van der Waals surface area contributed by atoms with Gasteiger partial charge in [-0.3, -0.25) is 0 Å². The van der Waals surface area contributed by atoms with E-state index in [0.717, 1.165) is 29.0 Å². The number of benzene rings is 1. The van der Waals surface area contributed by atoms with Crippen molar-refractivity contribution >= 4 is 15.9 Å². The van der Waals surface area contributed by atoms with Gasteiger partial charge in [0.15, 0.2) is 0 Å². The van der Waals surface area contributed by atoms with E-state index in [1.165, 1.54) is 5.56 Å². The van der Waals surface area contributed by atoms with Crippen LogP contribution in [-0.2, 0) is 13.0 Å². The molecule has 16 heavy (non-hydrogen) atoms. The van der Waals surface area contributed by atoms with Gasteiger partial charge in [0.25, 0.3) is 0 Å². The molecular weight excluding hydrogens is 266 g/mol. The predicted molar refractivity (Wildman–Crippen MR) is 68.3 cm³/mol. The number of halogens is 1. The first-order chi connectivity index (χ1) is 7.78. The largest absolute Gasteiger partial charge is 0.345 e. The molecule has 4 heteroatoms. The number of nitrogens with one attached hydrogen (secondary N) is 2. The second-order valence-corrected chi connectivity index (χ2v) is 4.61. The highest BCUT2D eigenvalue weighted by Gasteiger charge is 2.01. The number of H-pyrrole nitrogens is 1. The minimum atomic E-state index is 0.825. The molecule has 1 heterocycles. The van der Waals surface area contributed by atoms with Gasteiger partial charge in [-0.2, -0.15) is 0 Å². The first-order valence-corrected chi connectivity index (χ1v) is 5.99. The maximum Gasteiger partial charge on any atom is 0.110 e. The maximum absolute atomic E-state index is 4.35. The summed E-state index contributed by atoms with van der Waals surface area (Å²) in [6.45, 7) is 0.825. The topological polar surface area (TPSA) is 40.7 Å². The van der Waals surface area contributed by atoms with Crippen LogP contribution in [0.4, 0.5) is 0 Å². The quantitative estimate of drug-likeness (QED) is 0.903. The Labute approximate surface area is 103 Å². The fraction of sp³-hybridized carbons (Fsp3) is 0.250. The Morgan fingerprint density at radius 3 is 3.06 bits per heavy atom. The second kappa shape index (κ2) is 5.27. The zero-order valence-electron chi connectivity index (χ0n) is 9.13. The standard InChI is InChI=1S/C12H14BrN3/c1-14-7-11-8-15-12(16-11)6-9-3-2-4-10(13)5-9/h2-5,8,14H,6-7H2,1H3,(H,15,16). The molecule has 0 spiro atoms.